The number of aryl methyl sites for hydroxylation is 15. The Morgan fingerprint density at radius 3 is 0.514 bits per heavy atom. The highest BCUT2D eigenvalue weighted by atomic mass is 19.2. The smallest absolute Gasteiger partial charge is 0.201 e. The Balaban J connectivity index is 0.000000168. The van der Waals surface area contributed by atoms with Crippen LogP contribution in [0.4, 0.5) is 43.9 Å². The van der Waals surface area contributed by atoms with E-state index in [2.05, 4.69) is 156 Å². The van der Waals surface area contributed by atoms with Crippen molar-refractivity contribution in [3.63, 3.8) is 0 Å². The molecule has 0 N–H and O–H groups in total. The van der Waals surface area contributed by atoms with Gasteiger partial charge in [-0.15, -0.1) is 0 Å². The zero-order chi connectivity index (χ0) is 99.7. The van der Waals surface area contributed by atoms with Crippen LogP contribution in [-0.2, 0) is 89.9 Å². The van der Waals surface area contributed by atoms with Crippen LogP contribution in [0.5, 0.6) is 28.7 Å². The first-order valence-corrected chi connectivity index (χ1v) is 49.4. The zero-order valence-corrected chi connectivity index (χ0v) is 82.4. The average Bonchev–Trinajstić information content (AvgIpc) is 0.825. The van der Waals surface area contributed by atoms with Gasteiger partial charge in [0, 0.05) is 27.8 Å². The molecular weight excluding hydrogens is 1770 g/mol. The van der Waals surface area contributed by atoms with Gasteiger partial charge in [0.2, 0.25) is 29.1 Å². The van der Waals surface area contributed by atoms with Crippen molar-refractivity contribution < 1.29 is 67.6 Å². The Morgan fingerprint density at radius 1 is 0.157 bits per heavy atom. The van der Waals surface area contributed by atoms with Crippen LogP contribution < -0.4 is 23.7 Å². The summed E-state index contributed by atoms with van der Waals surface area (Å²) in [6, 6.07) is 97.2. The summed E-state index contributed by atoms with van der Waals surface area (Å²) in [5, 5.41) is 0. The van der Waals surface area contributed by atoms with Crippen LogP contribution in [0.3, 0.4) is 0 Å². The molecule has 0 fully saturated rings. The second-order valence-electron chi connectivity index (χ2n) is 34.8. The Morgan fingerprint density at radius 2 is 0.329 bits per heavy atom. The van der Waals surface area contributed by atoms with E-state index in [1.165, 1.54) is 146 Å². The van der Waals surface area contributed by atoms with Crippen LogP contribution in [0.15, 0.2) is 303 Å². The number of rotatable bonds is 40. The number of unbranched alkanes of at least 4 members (excludes halogenated alkanes) is 3. The van der Waals surface area contributed by atoms with Gasteiger partial charge in [0.05, 0.1) is 33.0 Å². The molecule has 0 spiro atoms. The van der Waals surface area contributed by atoms with Gasteiger partial charge in [-0.25, -0.2) is 22.0 Å². The monoisotopic (exact) mass is 1900 g/mol. The Labute approximate surface area is 822 Å². The summed E-state index contributed by atoms with van der Waals surface area (Å²) in [6.07, 6.45) is 21.2. The summed E-state index contributed by atoms with van der Waals surface area (Å²) in [4.78, 5) is 0. The Hall–Kier alpha value is -13.4. The molecule has 0 aliphatic heterocycles. The lowest BCUT2D eigenvalue weighted by atomic mass is 9.99. The van der Waals surface area contributed by atoms with E-state index in [1.54, 1.807) is 65.0 Å². The van der Waals surface area contributed by atoms with E-state index in [9.17, 15) is 43.9 Å². The predicted octanol–water partition coefficient (Wildman–Crippen LogP) is 34.0. The molecule has 140 heavy (non-hydrogen) atoms. The third-order valence-corrected chi connectivity index (χ3v) is 24.6. The molecular formula is C125H130F10O5. The van der Waals surface area contributed by atoms with E-state index in [4.69, 9.17) is 23.7 Å². The highest BCUT2D eigenvalue weighted by molar-refractivity contribution is 5.70. The number of benzene rings is 15. The molecule has 0 aliphatic rings. The minimum atomic E-state index is -0.937. The minimum absolute atomic E-state index is 0.0493. The van der Waals surface area contributed by atoms with Crippen molar-refractivity contribution in [3.8, 4) is 84.4 Å². The average molecular weight is 1900 g/mol. The molecule has 0 saturated carbocycles. The molecule has 0 aliphatic carbocycles. The fourth-order valence-electron chi connectivity index (χ4n) is 16.4. The number of hydrogen-bond donors (Lipinski definition) is 0. The summed E-state index contributed by atoms with van der Waals surface area (Å²) in [6.45, 7) is 21.0. The molecule has 0 bridgehead atoms. The number of ether oxygens (including phenoxy) is 5. The van der Waals surface area contributed by atoms with E-state index in [-0.39, 0.29) is 56.6 Å². The van der Waals surface area contributed by atoms with Gasteiger partial charge in [0.15, 0.2) is 57.8 Å². The molecule has 5 nitrogen and oxygen atoms in total. The summed E-state index contributed by atoms with van der Waals surface area (Å²) in [7, 11) is 0. The lowest BCUT2D eigenvalue weighted by Crippen LogP contribution is -1.98. The molecule has 0 heterocycles. The lowest BCUT2D eigenvalue weighted by Gasteiger charge is -2.10. The molecule has 0 unspecified atom stereocenters. The van der Waals surface area contributed by atoms with Crippen molar-refractivity contribution in [1.29, 1.82) is 0 Å². The van der Waals surface area contributed by atoms with Gasteiger partial charge in [-0.3, -0.25) is 0 Å². The lowest BCUT2D eigenvalue weighted by molar-refractivity contribution is 0.314. The molecule has 0 aromatic heterocycles. The fraction of sp³-hybridized carbons (Fsp3) is 0.280. The van der Waals surface area contributed by atoms with E-state index < -0.39 is 58.2 Å². The SMILES string of the molecule is CCCCCc1ccc(CCc2ccc(-c3ccc(OCC)c(F)c3F)cc2)cc1.CCCCc1ccc(CCc2ccc(-c3ccc(OCC)c(F)c3F)cc2)cc1.CCCc1ccc(CCc2ccc(-c3ccc(OCC)c(F)c3F)cc2)cc1.CCOc1ccc(-c2ccc(CCc3ccc(C)cc3)cc2)c(F)c1F.CCOc1ccc(-c2ccc(CCc3ccc(CC)cc3)cc2)c(F)c1F. The summed E-state index contributed by atoms with van der Waals surface area (Å²) >= 11 is 0. The van der Waals surface area contributed by atoms with Crippen molar-refractivity contribution >= 4 is 0 Å². The molecule has 730 valence electrons. The van der Waals surface area contributed by atoms with Crippen molar-refractivity contribution in [2.24, 2.45) is 0 Å². The largest absolute Gasteiger partial charge is 0.491 e. The van der Waals surface area contributed by atoms with E-state index >= 15 is 0 Å². The summed E-state index contributed by atoms with van der Waals surface area (Å²) < 4.78 is 168. The first kappa shape index (κ1) is 107. The second kappa shape index (κ2) is 56.0. The topological polar surface area (TPSA) is 46.2 Å². The van der Waals surface area contributed by atoms with Crippen molar-refractivity contribution in [2.75, 3.05) is 33.0 Å². The van der Waals surface area contributed by atoms with Crippen LogP contribution in [-0.4, -0.2) is 33.0 Å². The van der Waals surface area contributed by atoms with Crippen LogP contribution in [0.2, 0.25) is 0 Å². The number of halogens is 10. The molecule has 0 saturated heterocycles. The first-order valence-electron chi connectivity index (χ1n) is 49.4. The van der Waals surface area contributed by atoms with Gasteiger partial charge in [-0.1, -0.05) is 302 Å². The molecule has 0 radical (unpaired) electrons. The van der Waals surface area contributed by atoms with Crippen molar-refractivity contribution in [2.45, 2.75) is 198 Å². The highest BCUT2D eigenvalue weighted by Crippen LogP contribution is 2.37. The van der Waals surface area contributed by atoms with Gasteiger partial charge in [0.1, 0.15) is 0 Å². The molecule has 15 aromatic rings. The zero-order valence-electron chi connectivity index (χ0n) is 82.4. The van der Waals surface area contributed by atoms with Gasteiger partial charge in [-0.05, 0) is 311 Å². The van der Waals surface area contributed by atoms with Gasteiger partial charge < -0.3 is 23.7 Å². The van der Waals surface area contributed by atoms with Crippen molar-refractivity contribution in [1.82, 2.24) is 0 Å². The molecule has 15 rings (SSSR count). The van der Waals surface area contributed by atoms with Crippen LogP contribution in [0.1, 0.15) is 184 Å². The van der Waals surface area contributed by atoms with Gasteiger partial charge in [-0.2, -0.15) is 22.0 Å². The van der Waals surface area contributed by atoms with E-state index in [1.807, 2.05) is 121 Å². The molecule has 15 aromatic carbocycles. The highest BCUT2D eigenvalue weighted by Gasteiger charge is 2.22. The number of hydrogen-bond acceptors (Lipinski definition) is 5. The van der Waals surface area contributed by atoms with Crippen LogP contribution in [0.25, 0.3) is 55.6 Å². The third-order valence-electron chi connectivity index (χ3n) is 24.6. The quantitative estimate of drug-likeness (QED) is 0.0283. The van der Waals surface area contributed by atoms with Crippen LogP contribution >= 0.6 is 0 Å². The van der Waals surface area contributed by atoms with E-state index in [0.29, 0.717) is 60.9 Å². The fourth-order valence-corrected chi connectivity index (χ4v) is 16.4. The molecule has 0 amide bonds. The predicted molar refractivity (Wildman–Crippen MR) is 554 cm³/mol. The van der Waals surface area contributed by atoms with Gasteiger partial charge in [0.25, 0.3) is 0 Å². The van der Waals surface area contributed by atoms with Crippen molar-refractivity contribution in [3.05, 3.63) is 445 Å². The molecule has 0 atom stereocenters. The van der Waals surface area contributed by atoms with E-state index in [0.717, 1.165) is 96.3 Å². The Kier molecular flexibility index (Phi) is 42.8. The second-order valence-corrected chi connectivity index (χ2v) is 34.8. The maximum atomic E-state index is 14.4. The minimum Gasteiger partial charge on any atom is -0.491 e. The summed E-state index contributed by atoms with van der Waals surface area (Å²) in [5.74, 6) is -9.28. The Bertz CT molecular complexity index is 6290. The first-order chi connectivity index (χ1) is 68.1. The summed E-state index contributed by atoms with van der Waals surface area (Å²) in [5.41, 5.74) is 23.7. The maximum Gasteiger partial charge on any atom is 0.201 e. The van der Waals surface area contributed by atoms with Crippen LogP contribution in [0, 0.1) is 65.1 Å². The normalized spacial score (nSPS) is 10.9. The molecule has 15 heteroatoms. The third kappa shape index (κ3) is 31.6. The van der Waals surface area contributed by atoms with Gasteiger partial charge >= 0.3 is 0 Å². The maximum absolute atomic E-state index is 14.4. The standard InChI is InChI=1S/C27H30F2O.C26H28F2O.C25H26F2O.C24H24F2O.C23H22F2O/c1-3-5-6-7-20-8-10-21(11-9-20)12-13-22-14-16-23(17-15-22)24-18-19-25(30-4-2)27(29)26(24)28;1-3-5-6-19-7-9-20(10-8-19)11-12-21-13-15-22(16-14-21)23-17-18-24(29-4-2)26(28)25(23)27;1-3-5-18-6-8-19(9-7-18)10-11-20-12-14-21(15-13-20)22-16-17-23(28-4-2)25(27)24(22)26;1-3-17-5-7-18(8-6-17)9-10-19-11-13-20(14-12-19)21-15-16-22(27-4-2)24(26)23(21)25;1-3-26-21-15-14-20(22(24)23(21)25)19-12-10-18(11-13-19)9-8-17-6-4-16(2)5-7-17/h8-11,14-19H,3-7,12-13H2,1-2H3;7-10,13-18H,3-6,11-12H2,1-2H3;6-9,12-17H,3-5,10-11H2,1-2H3;5-8,11-16H,3-4,9-10H2,1-2H3;4-7,10-15H,3,8-9H2,1-2H3.